The Kier molecular flexibility index (Phi) is 3.98. The Balaban J connectivity index is 2.12. The molecule has 1 aliphatic rings. The van der Waals surface area contributed by atoms with E-state index in [1.807, 2.05) is 0 Å². The second-order valence-corrected chi connectivity index (χ2v) is 4.48. The van der Waals surface area contributed by atoms with Crippen LogP contribution < -0.4 is 0 Å². The van der Waals surface area contributed by atoms with Crippen LogP contribution in [0.3, 0.4) is 0 Å². The van der Waals surface area contributed by atoms with E-state index in [-0.39, 0.29) is 18.1 Å². The maximum Gasteiger partial charge on any atom is 0.276 e. The monoisotopic (exact) mass is 254 g/mol. The van der Waals surface area contributed by atoms with E-state index in [4.69, 9.17) is 14.0 Å². The molecule has 1 aliphatic heterocycles. The smallest absolute Gasteiger partial charge is 0.276 e. The minimum Gasteiger partial charge on any atom is -0.383 e. The summed E-state index contributed by atoms with van der Waals surface area (Å²) < 4.78 is 15.4. The summed E-state index contributed by atoms with van der Waals surface area (Å²) in [5.41, 5.74) is 0.338. The van der Waals surface area contributed by atoms with Crippen molar-refractivity contribution in [2.24, 2.45) is 0 Å². The highest BCUT2D eigenvalue weighted by Gasteiger charge is 2.36. The van der Waals surface area contributed by atoms with Gasteiger partial charge in [-0.05, 0) is 13.3 Å². The number of hydrogen-bond acceptors (Lipinski definition) is 5. The van der Waals surface area contributed by atoms with Gasteiger partial charge in [0.25, 0.3) is 5.91 Å². The molecule has 2 rings (SSSR count). The summed E-state index contributed by atoms with van der Waals surface area (Å²) in [6, 6.07) is 1.68. The Bertz CT molecular complexity index is 418. The molecule has 1 saturated heterocycles. The molecule has 0 aromatic carbocycles. The summed E-state index contributed by atoms with van der Waals surface area (Å²) >= 11 is 0. The van der Waals surface area contributed by atoms with Crippen LogP contribution in [0.25, 0.3) is 0 Å². The van der Waals surface area contributed by atoms with E-state index < -0.39 is 0 Å². The van der Waals surface area contributed by atoms with Crippen LogP contribution in [0.2, 0.25) is 0 Å². The Hall–Kier alpha value is -1.40. The van der Waals surface area contributed by atoms with E-state index in [0.29, 0.717) is 24.6 Å². The first-order valence-electron chi connectivity index (χ1n) is 5.91. The SMILES string of the molecule is COC[C@@H]1C[C@H](OC)CN1C(=O)c1cc(C)on1. The molecule has 0 N–H and O–H groups in total. The minimum absolute atomic E-state index is 0.0319. The number of carbonyl (C=O) groups excluding carboxylic acids is 1. The lowest BCUT2D eigenvalue weighted by molar-refractivity contribution is 0.0602. The van der Waals surface area contributed by atoms with E-state index in [0.717, 1.165) is 6.42 Å². The van der Waals surface area contributed by atoms with Gasteiger partial charge in [-0.25, -0.2) is 0 Å². The van der Waals surface area contributed by atoms with Crippen molar-refractivity contribution in [3.63, 3.8) is 0 Å². The molecule has 0 saturated carbocycles. The van der Waals surface area contributed by atoms with Crippen LogP contribution in [0.15, 0.2) is 10.6 Å². The van der Waals surface area contributed by atoms with E-state index in [1.54, 1.807) is 32.1 Å². The molecule has 0 spiro atoms. The average molecular weight is 254 g/mol. The van der Waals surface area contributed by atoms with Crippen LogP contribution >= 0.6 is 0 Å². The number of carbonyl (C=O) groups is 1. The first-order valence-corrected chi connectivity index (χ1v) is 5.91. The number of aromatic nitrogens is 1. The van der Waals surface area contributed by atoms with E-state index in [1.165, 1.54) is 0 Å². The highest BCUT2D eigenvalue weighted by Crippen LogP contribution is 2.22. The van der Waals surface area contributed by atoms with Crippen molar-refractivity contribution in [2.75, 3.05) is 27.4 Å². The predicted octanol–water partition coefficient (Wildman–Crippen LogP) is 0.859. The molecular formula is C12H18N2O4. The van der Waals surface area contributed by atoms with Gasteiger partial charge in [0.15, 0.2) is 5.69 Å². The number of nitrogens with zero attached hydrogens (tertiary/aromatic N) is 2. The van der Waals surface area contributed by atoms with Gasteiger partial charge in [0, 0.05) is 26.8 Å². The van der Waals surface area contributed by atoms with Crippen molar-refractivity contribution < 1.29 is 18.8 Å². The van der Waals surface area contributed by atoms with Crippen LogP contribution in [-0.2, 0) is 9.47 Å². The highest BCUT2D eigenvalue weighted by atomic mass is 16.5. The third kappa shape index (κ3) is 2.54. The molecule has 18 heavy (non-hydrogen) atoms. The molecule has 0 radical (unpaired) electrons. The van der Waals surface area contributed by atoms with Crippen LogP contribution in [0.4, 0.5) is 0 Å². The lowest BCUT2D eigenvalue weighted by Gasteiger charge is -2.22. The number of amides is 1. The third-order valence-electron chi connectivity index (χ3n) is 3.18. The first-order chi connectivity index (χ1) is 8.65. The van der Waals surface area contributed by atoms with Gasteiger partial charge in [0.1, 0.15) is 5.76 Å². The maximum absolute atomic E-state index is 12.3. The van der Waals surface area contributed by atoms with Gasteiger partial charge in [0.2, 0.25) is 0 Å². The van der Waals surface area contributed by atoms with Crippen molar-refractivity contribution in [1.29, 1.82) is 0 Å². The standard InChI is InChI=1S/C12H18N2O4/c1-8-4-11(13-18-8)12(15)14-6-10(17-3)5-9(14)7-16-2/h4,9-10H,5-7H2,1-3H3/t9-,10-/m0/s1. The molecule has 1 aromatic rings. The minimum atomic E-state index is -0.131. The average Bonchev–Trinajstić information content (AvgIpc) is 2.95. The topological polar surface area (TPSA) is 64.8 Å². The number of methoxy groups -OCH3 is 2. The van der Waals surface area contributed by atoms with Gasteiger partial charge in [0.05, 0.1) is 18.8 Å². The maximum atomic E-state index is 12.3. The molecule has 0 aliphatic carbocycles. The Morgan fingerprint density at radius 2 is 2.39 bits per heavy atom. The predicted molar refractivity (Wildman–Crippen MR) is 63.4 cm³/mol. The molecule has 0 bridgehead atoms. The van der Waals surface area contributed by atoms with Crippen molar-refractivity contribution in [2.45, 2.75) is 25.5 Å². The summed E-state index contributed by atoms with van der Waals surface area (Å²) in [5.74, 6) is 0.498. The third-order valence-corrected chi connectivity index (χ3v) is 3.18. The summed E-state index contributed by atoms with van der Waals surface area (Å²) in [7, 11) is 3.28. The number of rotatable bonds is 4. The molecule has 1 aromatic heterocycles. The van der Waals surface area contributed by atoms with Crippen molar-refractivity contribution in [3.05, 3.63) is 17.5 Å². The second-order valence-electron chi connectivity index (χ2n) is 4.48. The Morgan fingerprint density at radius 1 is 1.61 bits per heavy atom. The molecule has 6 heteroatoms. The number of ether oxygens (including phenoxy) is 2. The molecule has 1 fully saturated rings. The van der Waals surface area contributed by atoms with Crippen molar-refractivity contribution in [1.82, 2.24) is 10.1 Å². The fourth-order valence-electron chi connectivity index (χ4n) is 2.26. The number of likely N-dealkylation sites (tertiary alicyclic amines) is 1. The Morgan fingerprint density at radius 3 is 2.94 bits per heavy atom. The molecule has 6 nitrogen and oxygen atoms in total. The van der Waals surface area contributed by atoms with Crippen molar-refractivity contribution >= 4 is 5.91 Å². The van der Waals surface area contributed by atoms with E-state index in [9.17, 15) is 4.79 Å². The van der Waals surface area contributed by atoms with Crippen LogP contribution in [0, 0.1) is 6.92 Å². The van der Waals surface area contributed by atoms with Crippen molar-refractivity contribution in [3.8, 4) is 0 Å². The van der Waals surface area contributed by atoms with E-state index >= 15 is 0 Å². The summed E-state index contributed by atoms with van der Waals surface area (Å²) in [4.78, 5) is 14.0. The zero-order chi connectivity index (χ0) is 13.1. The Labute approximate surface area is 106 Å². The summed E-state index contributed by atoms with van der Waals surface area (Å²) in [5, 5.41) is 3.76. The highest BCUT2D eigenvalue weighted by molar-refractivity contribution is 5.92. The van der Waals surface area contributed by atoms with Gasteiger partial charge in [-0.3, -0.25) is 4.79 Å². The number of hydrogen-bond donors (Lipinski definition) is 0. The zero-order valence-electron chi connectivity index (χ0n) is 10.9. The molecule has 100 valence electrons. The lowest BCUT2D eigenvalue weighted by Crippen LogP contribution is -2.38. The van der Waals surface area contributed by atoms with Crippen LogP contribution in [0.5, 0.6) is 0 Å². The normalized spacial score (nSPS) is 23.6. The van der Waals surface area contributed by atoms with Crippen LogP contribution in [-0.4, -0.2) is 55.5 Å². The van der Waals surface area contributed by atoms with Gasteiger partial charge < -0.3 is 18.9 Å². The van der Waals surface area contributed by atoms with Gasteiger partial charge >= 0.3 is 0 Å². The van der Waals surface area contributed by atoms with E-state index in [2.05, 4.69) is 5.16 Å². The summed E-state index contributed by atoms with van der Waals surface area (Å²) in [6.07, 6.45) is 0.842. The van der Waals surface area contributed by atoms with Gasteiger partial charge in [-0.1, -0.05) is 5.16 Å². The molecular weight excluding hydrogens is 236 g/mol. The lowest BCUT2D eigenvalue weighted by atomic mass is 10.2. The summed E-state index contributed by atoms with van der Waals surface area (Å²) in [6.45, 7) is 2.83. The molecule has 2 atom stereocenters. The quantitative estimate of drug-likeness (QED) is 0.797. The van der Waals surface area contributed by atoms with Gasteiger partial charge in [-0.2, -0.15) is 0 Å². The largest absolute Gasteiger partial charge is 0.383 e. The van der Waals surface area contributed by atoms with Crippen LogP contribution in [0.1, 0.15) is 22.7 Å². The first kappa shape index (κ1) is 13.0. The van der Waals surface area contributed by atoms with Gasteiger partial charge in [-0.15, -0.1) is 0 Å². The number of aryl methyl sites for hydroxylation is 1. The fraction of sp³-hybridized carbons (Fsp3) is 0.667. The molecule has 2 heterocycles. The molecule has 0 unspecified atom stereocenters. The zero-order valence-corrected chi connectivity index (χ0v) is 10.9. The molecule has 1 amide bonds. The fourth-order valence-corrected chi connectivity index (χ4v) is 2.26. The second kappa shape index (κ2) is 5.49.